The molecule has 0 aromatic heterocycles. The van der Waals surface area contributed by atoms with Gasteiger partial charge in [0.1, 0.15) is 5.41 Å². The van der Waals surface area contributed by atoms with E-state index in [0.29, 0.717) is 16.1 Å². The molecule has 2 aromatic carbocycles. The highest BCUT2D eigenvalue weighted by Crippen LogP contribution is 2.70. The van der Waals surface area contributed by atoms with Crippen LogP contribution in [0, 0.1) is 11.3 Å². The maximum Gasteiger partial charge on any atom is 0.334 e. The number of carbonyl (C=O) groups excluding carboxylic acids is 3. The molecule has 1 saturated heterocycles. The summed E-state index contributed by atoms with van der Waals surface area (Å²) in [5.74, 6) is -3.16. The number of cyclic esters (lactones) is 2. The van der Waals surface area contributed by atoms with Crippen molar-refractivity contribution >= 4 is 29.5 Å². The van der Waals surface area contributed by atoms with Crippen molar-refractivity contribution in [2.45, 2.75) is 25.4 Å². The highest BCUT2D eigenvalue weighted by molar-refractivity contribution is 6.30. The van der Waals surface area contributed by atoms with Gasteiger partial charge in [-0.15, -0.1) is 0 Å². The Labute approximate surface area is 172 Å². The van der Waals surface area contributed by atoms with Crippen molar-refractivity contribution in [3.05, 3.63) is 81.9 Å². The zero-order chi connectivity index (χ0) is 20.7. The number of benzene rings is 2. The van der Waals surface area contributed by atoms with E-state index in [9.17, 15) is 14.4 Å². The largest absolute Gasteiger partial charge is 0.445 e. The first-order valence-corrected chi connectivity index (χ1v) is 9.65. The lowest BCUT2D eigenvalue weighted by atomic mass is 9.46. The lowest BCUT2D eigenvalue weighted by molar-refractivity contribution is -0.182. The van der Waals surface area contributed by atoms with Gasteiger partial charge in [0.15, 0.2) is 5.60 Å². The van der Waals surface area contributed by atoms with Gasteiger partial charge in [-0.25, -0.2) is 4.79 Å². The molecule has 2 bridgehead atoms. The van der Waals surface area contributed by atoms with Gasteiger partial charge in [0.05, 0.1) is 5.92 Å². The SMILES string of the molecule is C=C(C)C(=O)OC12c3ccccc3C(c3ccc(Cl)cc31)C1C(=O)OC(=O)C12C. The van der Waals surface area contributed by atoms with E-state index in [1.54, 1.807) is 19.1 Å². The minimum Gasteiger partial charge on any atom is -0.445 e. The zero-order valence-corrected chi connectivity index (χ0v) is 16.6. The predicted octanol–water partition coefficient (Wildman–Crippen LogP) is 3.87. The first kappa shape index (κ1) is 18.1. The average molecular weight is 409 g/mol. The number of carbonyl (C=O) groups is 3. The third-order valence-electron chi connectivity index (χ3n) is 6.56. The summed E-state index contributed by atoms with van der Waals surface area (Å²) >= 11 is 6.31. The van der Waals surface area contributed by atoms with E-state index in [1.807, 2.05) is 30.3 Å². The Hall–Kier alpha value is -2.92. The van der Waals surface area contributed by atoms with Crippen molar-refractivity contribution in [1.82, 2.24) is 0 Å². The van der Waals surface area contributed by atoms with Crippen molar-refractivity contribution in [3.63, 3.8) is 0 Å². The molecule has 1 fully saturated rings. The van der Waals surface area contributed by atoms with Gasteiger partial charge in [-0.3, -0.25) is 9.59 Å². The van der Waals surface area contributed by atoms with Crippen molar-refractivity contribution < 1.29 is 23.9 Å². The van der Waals surface area contributed by atoms with E-state index in [-0.39, 0.29) is 5.57 Å². The van der Waals surface area contributed by atoms with Gasteiger partial charge >= 0.3 is 17.9 Å². The van der Waals surface area contributed by atoms with Crippen molar-refractivity contribution in [2.24, 2.45) is 11.3 Å². The maximum absolute atomic E-state index is 13.1. The van der Waals surface area contributed by atoms with E-state index in [4.69, 9.17) is 21.1 Å². The summed E-state index contributed by atoms with van der Waals surface area (Å²) in [6, 6.07) is 12.7. The first-order valence-electron chi connectivity index (χ1n) is 9.27. The Bertz CT molecular complexity index is 1150. The minimum atomic E-state index is -1.55. The molecule has 4 aliphatic rings. The summed E-state index contributed by atoms with van der Waals surface area (Å²) < 4.78 is 11.2. The number of hydrogen-bond donors (Lipinski definition) is 0. The maximum atomic E-state index is 13.1. The lowest BCUT2D eigenvalue weighted by Crippen LogP contribution is -2.62. The summed E-state index contributed by atoms with van der Waals surface area (Å²) in [5.41, 5.74) is 0.121. The van der Waals surface area contributed by atoms with Crippen molar-refractivity contribution in [1.29, 1.82) is 0 Å². The molecule has 5 nitrogen and oxygen atoms in total. The number of esters is 3. The van der Waals surface area contributed by atoms with Gasteiger partial charge in [0, 0.05) is 27.6 Å². The number of rotatable bonds is 2. The fraction of sp³-hybridized carbons (Fsp3) is 0.261. The van der Waals surface area contributed by atoms with Gasteiger partial charge in [-0.05, 0) is 37.1 Å². The number of halogens is 1. The van der Waals surface area contributed by atoms with Crippen LogP contribution in [-0.2, 0) is 29.5 Å². The van der Waals surface area contributed by atoms with Gasteiger partial charge in [-0.1, -0.05) is 48.5 Å². The van der Waals surface area contributed by atoms with E-state index in [1.165, 1.54) is 6.92 Å². The Kier molecular flexibility index (Phi) is 3.48. The van der Waals surface area contributed by atoms with Crippen LogP contribution in [0.2, 0.25) is 5.02 Å². The van der Waals surface area contributed by atoms with Gasteiger partial charge in [0.25, 0.3) is 0 Å². The van der Waals surface area contributed by atoms with Gasteiger partial charge in [0.2, 0.25) is 0 Å². The highest BCUT2D eigenvalue weighted by Gasteiger charge is 2.77. The van der Waals surface area contributed by atoms with E-state index >= 15 is 0 Å². The van der Waals surface area contributed by atoms with Crippen molar-refractivity contribution in [2.75, 3.05) is 0 Å². The van der Waals surface area contributed by atoms with Crippen LogP contribution >= 0.6 is 11.6 Å². The molecular formula is C23H17ClO5. The molecule has 0 amide bonds. The molecule has 1 heterocycles. The molecular weight excluding hydrogens is 392 g/mol. The van der Waals surface area contributed by atoms with Crippen LogP contribution in [0.1, 0.15) is 42.0 Å². The molecule has 2 aromatic rings. The van der Waals surface area contributed by atoms with Gasteiger partial charge in [-0.2, -0.15) is 0 Å². The molecule has 146 valence electrons. The predicted molar refractivity (Wildman–Crippen MR) is 104 cm³/mol. The molecule has 3 aliphatic carbocycles. The summed E-state index contributed by atoms with van der Waals surface area (Å²) in [6.45, 7) is 6.87. The summed E-state index contributed by atoms with van der Waals surface area (Å²) in [5, 5.41) is 0.442. The van der Waals surface area contributed by atoms with Crippen LogP contribution in [0.5, 0.6) is 0 Å². The van der Waals surface area contributed by atoms with Crippen LogP contribution < -0.4 is 0 Å². The summed E-state index contributed by atoms with van der Waals surface area (Å²) in [7, 11) is 0. The molecule has 0 saturated carbocycles. The lowest BCUT2D eigenvalue weighted by Gasteiger charge is -2.57. The molecule has 0 radical (unpaired) electrons. The molecule has 29 heavy (non-hydrogen) atoms. The molecule has 0 N–H and O–H groups in total. The van der Waals surface area contributed by atoms with E-state index in [0.717, 1.165) is 11.1 Å². The third-order valence-corrected chi connectivity index (χ3v) is 6.79. The molecule has 1 aliphatic heterocycles. The Morgan fingerprint density at radius 3 is 2.55 bits per heavy atom. The normalized spacial score (nSPS) is 30.9. The average Bonchev–Trinajstić information content (AvgIpc) is 2.92. The Balaban J connectivity index is 1.96. The van der Waals surface area contributed by atoms with Crippen LogP contribution in [0.3, 0.4) is 0 Å². The van der Waals surface area contributed by atoms with Crippen LogP contribution in [0.4, 0.5) is 0 Å². The Morgan fingerprint density at radius 1 is 1.14 bits per heavy atom. The zero-order valence-electron chi connectivity index (χ0n) is 15.8. The third kappa shape index (κ3) is 1.94. The fourth-order valence-corrected chi connectivity index (χ4v) is 5.49. The highest BCUT2D eigenvalue weighted by atomic mass is 35.5. The second-order valence-corrected chi connectivity index (χ2v) is 8.47. The monoisotopic (exact) mass is 408 g/mol. The molecule has 4 atom stereocenters. The second-order valence-electron chi connectivity index (χ2n) is 8.04. The van der Waals surface area contributed by atoms with Crippen molar-refractivity contribution in [3.8, 4) is 0 Å². The van der Waals surface area contributed by atoms with Crippen LogP contribution in [0.25, 0.3) is 0 Å². The molecule has 6 rings (SSSR count). The summed E-state index contributed by atoms with van der Waals surface area (Å²) in [6.07, 6.45) is 0. The van der Waals surface area contributed by atoms with Gasteiger partial charge < -0.3 is 9.47 Å². The standard InChI is InChI=1S/C23H17ClO5/c1-11(2)19(25)29-23-15-7-5-4-6-13(15)17(14-9-8-12(24)10-16(14)23)18-20(26)28-21(27)22(18,23)3/h4-10,17-18H,1H2,2-3H3. The minimum absolute atomic E-state index is 0.186. The Morgan fingerprint density at radius 2 is 1.83 bits per heavy atom. The quantitative estimate of drug-likeness (QED) is 0.428. The van der Waals surface area contributed by atoms with Crippen LogP contribution in [0.15, 0.2) is 54.6 Å². The fourth-order valence-electron chi connectivity index (χ4n) is 5.32. The number of hydrogen-bond acceptors (Lipinski definition) is 5. The smallest absolute Gasteiger partial charge is 0.334 e. The summed E-state index contributed by atoms with van der Waals surface area (Å²) in [4.78, 5) is 38.8. The topological polar surface area (TPSA) is 69.7 Å². The first-order chi connectivity index (χ1) is 13.7. The van der Waals surface area contributed by atoms with E-state index < -0.39 is 40.8 Å². The van der Waals surface area contributed by atoms with E-state index in [2.05, 4.69) is 6.58 Å². The second kappa shape index (κ2) is 5.57. The molecule has 0 spiro atoms. The van der Waals surface area contributed by atoms with Crippen LogP contribution in [-0.4, -0.2) is 17.9 Å². The molecule has 4 unspecified atom stereocenters. The molecule has 6 heteroatoms. The number of ether oxygens (including phenoxy) is 2.